The number of halogens is 1. The van der Waals surface area contributed by atoms with Gasteiger partial charge in [0.15, 0.2) is 5.96 Å². The molecule has 1 atom stereocenters. The lowest BCUT2D eigenvalue weighted by molar-refractivity contribution is -0.0721. The Labute approximate surface area is 193 Å². The number of hydrogen-bond acceptors (Lipinski definition) is 4. The van der Waals surface area contributed by atoms with Gasteiger partial charge in [-0.2, -0.15) is 0 Å². The molecule has 1 aromatic rings. The molecule has 3 rings (SSSR count). The summed E-state index contributed by atoms with van der Waals surface area (Å²) in [5, 5.41) is 3.50. The van der Waals surface area contributed by atoms with Gasteiger partial charge in [0.1, 0.15) is 0 Å². The predicted octanol–water partition coefficient (Wildman–Crippen LogP) is 3.50. The van der Waals surface area contributed by atoms with Crippen molar-refractivity contribution in [3.05, 3.63) is 29.8 Å². The summed E-state index contributed by atoms with van der Waals surface area (Å²) < 4.78 is 11.9. The summed E-state index contributed by atoms with van der Waals surface area (Å²) in [6, 6.07) is 8.64. The Bertz CT molecular complexity index is 610. The molecule has 0 aromatic heterocycles. The third-order valence-electron chi connectivity index (χ3n) is 5.65. The number of piperidine rings is 1. The first-order valence-corrected chi connectivity index (χ1v) is 10.6. The lowest BCUT2D eigenvalue weighted by Gasteiger charge is -2.35. The van der Waals surface area contributed by atoms with E-state index in [4.69, 9.17) is 9.47 Å². The van der Waals surface area contributed by atoms with Crippen LogP contribution in [0.1, 0.15) is 37.7 Å². The maximum atomic E-state index is 6.13. The highest BCUT2D eigenvalue weighted by atomic mass is 127. The van der Waals surface area contributed by atoms with Gasteiger partial charge in [-0.3, -0.25) is 4.99 Å². The Morgan fingerprint density at radius 3 is 2.48 bits per heavy atom. The molecule has 2 saturated heterocycles. The van der Waals surface area contributed by atoms with Crippen molar-refractivity contribution in [2.24, 2.45) is 4.99 Å². The zero-order valence-corrected chi connectivity index (χ0v) is 20.4. The van der Waals surface area contributed by atoms with Crippen LogP contribution in [-0.4, -0.2) is 70.5 Å². The monoisotopic (exact) mass is 516 g/mol. The molecule has 2 aliphatic heterocycles. The molecule has 1 aromatic carbocycles. The number of rotatable bonds is 6. The van der Waals surface area contributed by atoms with E-state index >= 15 is 0 Å². The minimum atomic E-state index is 0. The van der Waals surface area contributed by atoms with Gasteiger partial charge >= 0.3 is 0 Å². The molecule has 2 heterocycles. The number of likely N-dealkylation sites (tertiary alicyclic amines) is 1. The summed E-state index contributed by atoms with van der Waals surface area (Å²) in [6.07, 6.45) is 6.35. The van der Waals surface area contributed by atoms with E-state index in [-0.39, 0.29) is 24.0 Å². The van der Waals surface area contributed by atoms with Crippen molar-refractivity contribution in [2.45, 2.75) is 50.9 Å². The molecule has 2 aliphatic rings. The molecule has 6 nitrogen and oxygen atoms in total. The van der Waals surface area contributed by atoms with Crippen molar-refractivity contribution in [3.8, 4) is 0 Å². The molecule has 0 saturated carbocycles. The molecular formula is C22H37IN4O2. The van der Waals surface area contributed by atoms with Crippen LogP contribution in [0.2, 0.25) is 0 Å². The quantitative estimate of drug-likeness (QED) is 0.357. The van der Waals surface area contributed by atoms with E-state index in [1.54, 1.807) is 0 Å². The van der Waals surface area contributed by atoms with Crippen molar-refractivity contribution < 1.29 is 9.47 Å². The molecule has 0 aliphatic carbocycles. The van der Waals surface area contributed by atoms with E-state index in [9.17, 15) is 0 Å². The van der Waals surface area contributed by atoms with Gasteiger partial charge in [0.05, 0.1) is 18.8 Å². The highest BCUT2D eigenvalue weighted by Crippen LogP contribution is 2.18. The van der Waals surface area contributed by atoms with Crippen LogP contribution in [0.5, 0.6) is 0 Å². The first-order chi connectivity index (χ1) is 13.7. The minimum Gasteiger partial charge on any atom is -0.378 e. The van der Waals surface area contributed by atoms with Crippen LogP contribution in [0.25, 0.3) is 0 Å². The van der Waals surface area contributed by atoms with Gasteiger partial charge in [-0.25, -0.2) is 0 Å². The van der Waals surface area contributed by atoms with Crippen LogP contribution < -0.4 is 10.2 Å². The first-order valence-electron chi connectivity index (χ1n) is 10.6. The van der Waals surface area contributed by atoms with Gasteiger partial charge in [-0.05, 0) is 49.8 Å². The highest BCUT2D eigenvalue weighted by molar-refractivity contribution is 14.0. The van der Waals surface area contributed by atoms with Gasteiger partial charge in [-0.15, -0.1) is 24.0 Å². The molecule has 0 spiro atoms. The largest absolute Gasteiger partial charge is 0.378 e. The molecule has 0 radical (unpaired) electrons. The lowest BCUT2D eigenvalue weighted by atomic mass is 10.1. The summed E-state index contributed by atoms with van der Waals surface area (Å²) in [5.41, 5.74) is 2.48. The second kappa shape index (κ2) is 12.6. The van der Waals surface area contributed by atoms with E-state index in [2.05, 4.69) is 58.5 Å². The van der Waals surface area contributed by atoms with Crippen molar-refractivity contribution in [2.75, 3.05) is 52.3 Å². The Balaban J connectivity index is 0.00000300. The first kappa shape index (κ1) is 24.2. The van der Waals surface area contributed by atoms with Gasteiger partial charge in [0.25, 0.3) is 0 Å². The van der Waals surface area contributed by atoms with Crippen molar-refractivity contribution in [1.29, 1.82) is 0 Å². The van der Waals surface area contributed by atoms with Gasteiger partial charge in [-0.1, -0.05) is 12.1 Å². The van der Waals surface area contributed by atoms with Crippen LogP contribution in [-0.2, 0) is 16.0 Å². The molecule has 0 bridgehead atoms. The van der Waals surface area contributed by atoms with E-state index in [1.165, 1.54) is 24.1 Å². The Hall–Kier alpha value is -1.06. The molecule has 7 heteroatoms. The average Bonchev–Trinajstić information content (AvgIpc) is 2.74. The molecule has 1 unspecified atom stereocenters. The predicted molar refractivity (Wildman–Crippen MR) is 131 cm³/mol. The highest BCUT2D eigenvalue weighted by Gasteiger charge is 2.23. The summed E-state index contributed by atoms with van der Waals surface area (Å²) in [4.78, 5) is 8.93. The van der Waals surface area contributed by atoms with Gasteiger partial charge in [0, 0.05) is 53.1 Å². The third-order valence-corrected chi connectivity index (χ3v) is 5.65. The zero-order chi connectivity index (χ0) is 19.8. The fourth-order valence-electron chi connectivity index (χ4n) is 3.84. The fraction of sp³-hybridized carbons (Fsp3) is 0.682. The van der Waals surface area contributed by atoms with Crippen molar-refractivity contribution in [3.63, 3.8) is 0 Å². The SMILES string of the molecule is CN=C(NCc1ccc(N(C)C)cc1)N1CCC(OCC2CCCCO2)CC1.I. The summed E-state index contributed by atoms with van der Waals surface area (Å²) in [6.45, 7) is 4.40. The Kier molecular flexibility index (Phi) is 10.5. The van der Waals surface area contributed by atoms with Crippen LogP contribution in [0, 0.1) is 0 Å². The third kappa shape index (κ3) is 7.61. The minimum absolute atomic E-state index is 0. The topological polar surface area (TPSA) is 49.3 Å². The second-order valence-corrected chi connectivity index (χ2v) is 7.97. The molecule has 0 amide bonds. The second-order valence-electron chi connectivity index (χ2n) is 7.97. The number of ether oxygens (including phenoxy) is 2. The molecule has 29 heavy (non-hydrogen) atoms. The van der Waals surface area contributed by atoms with Crippen LogP contribution in [0.3, 0.4) is 0 Å². The van der Waals surface area contributed by atoms with Gasteiger partial charge < -0.3 is 24.6 Å². The lowest BCUT2D eigenvalue weighted by Crippen LogP contribution is -2.47. The number of aliphatic imine (C=N–C) groups is 1. The number of benzene rings is 1. The molecule has 1 N–H and O–H groups in total. The zero-order valence-electron chi connectivity index (χ0n) is 18.1. The molecule has 164 valence electrons. The fourth-order valence-corrected chi connectivity index (χ4v) is 3.84. The number of nitrogens with zero attached hydrogens (tertiary/aromatic N) is 3. The number of hydrogen-bond donors (Lipinski definition) is 1. The van der Waals surface area contributed by atoms with Crippen LogP contribution in [0.15, 0.2) is 29.3 Å². The number of nitrogens with one attached hydrogen (secondary N) is 1. The Morgan fingerprint density at radius 2 is 1.90 bits per heavy atom. The summed E-state index contributed by atoms with van der Waals surface area (Å²) in [7, 11) is 5.98. The van der Waals surface area contributed by atoms with Crippen molar-refractivity contribution in [1.82, 2.24) is 10.2 Å². The van der Waals surface area contributed by atoms with E-state index in [0.29, 0.717) is 12.2 Å². The smallest absolute Gasteiger partial charge is 0.193 e. The standard InChI is InChI=1S/C22H36N4O2.HI/c1-23-22(24-16-18-7-9-19(10-8-18)25(2)3)26-13-11-20(12-14-26)28-17-21-6-4-5-15-27-21;/h7-10,20-21H,4-6,11-17H2,1-3H3,(H,23,24);1H. The summed E-state index contributed by atoms with van der Waals surface area (Å²) in [5.74, 6) is 0.978. The molecule has 2 fully saturated rings. The van der Waals surface area contributed by atoms with Gasteiger partial charge in [0.2, 0.25) is 0 Å². The van der Waals surface area contributed by atoms with E-state index in [0.717, 1.165) is 58.1 Å². The normalized spacial score (nSPS) is 20.9. The number of guanidine groups is 1. The van der Waals surface area contributed by atoms with Crippen molar-refractivity contribution >= 4 is 35.6 Å². The Morgan fingerprint density at radius 1 is 1.17 bits per heavy atom. The van der Waals surface area contributed by atoms with E-state index < -0.39 is 0 Å². The maximum Gasteiger partial charge on any atom is 0.193 e. The van der Waals surface area contributed by atoms with Crippen LogP contribution >= 0.6 is 24.0 Å². The van der Waals surface area contributed by atoms with E-state index in [1.807, 2.05) is 7.05 Å². The summed E-state index contributed by atoms with van der Waals surface area (Å²) >= 11 is 0. The molecular weight excluding hydrogens is 479 g/mol. The average molecular weight is 516 g/mol. The van der Waals surface area contributed by atoms with Crippen LogP contribution in [0.4, 0.5) is 5.69 Å². The maximum absolute atomic E-state index is 6.13. The number of anilines is 1.